The van der Waals surface area contributed by atoms with Crippen molar-refractivity contribution in [3.05, 3.63) is 0 Å². The molecule has 1 N–H and O–H groups in total. The molecule has 1 saturated carbocycles. The number of ether oxygens (including phenoxy) is 1. The van der Waals surface area contributed by atoms with Crippen LogP contribution < -0.4 is 0 Å². The topological polar surface area (TPSA) is 46.5 Å². The number of cyclic esters (lactones) is 1. The summed E-state index contributed by atoms with van der Waals surface area (Å²) in [5.41, 5.74) is -1.98. The van der Waals surface area contributed by atoms with Gasteiger partial charge in [0.05, 0.1) is 6.42 Å². The van der Waals surface area contributed by atoms with Crippen LogP contribution in [0, 0.1) is 11.8 Å². The molecule has 0 bridgehead atoms. The van der Waals surface area contributed by atoms with Gasteiger partial charge in [-0.05, 0) is 13.3 Å². The third-order valence-corrected chi connectivity index (χ3v) is 3.66. The first kappa shape index (κ1) is 10.8. The van der Waals surface area contributed by atoms with Gasteiger partial charge in [-0.2, -0.15) is 0 Å². The first-order valence-electron chi connectivity index (χ1n) is 5.08. The molecule has 5 heteroatoms. The molecule has 2 aliphatic rings. The maximum absolute atomic E-state index is 13.4. The van der Waals surface area contributed by atoms with Crippen molar-refractivity contribution in [2.24, 2.45) is 11.8 Å². The lowest BCUT2D eigenvalue weighted by atomic mass is 9.69. The average molecular weight is 220 g/mol. The SMILES string of the molecule is CC1OC(=O)C2(O)CC(F)(F)C(C)CC12. The number of aliphatic hydroxyl groups is 1. The molecule has 2 fully saturated rings. The van der Waals surface area contributed by atoms with Crippen molar-refractivity contribution in [1.82, 2.24) is 0 Å². The molecular formula is C10H14F2O3. The van der Waals surface area contributed by atoms with Gasteiger partial charge >= 0.3 is 5.97 Å². The van der Waals surface area contributed by atoms with Gasteiger partial charge in [0.2, 0.25) is 0 Å². The third kappa shape index (κ3) is 1.36. The fourth-order valence-corrected chi connectivity index (χ4v) is 2.57. The van der Waals surface area contributed by atoms with E-state index >= 15 is 0 Å². The summed E-state index contributed by atoms with van der Waals surface area (Å²) in [5, 5.41) is 9.95. The van der Waals surface area contributed by atoms with Gasteiger partial charge in [0, 0.05) is 11.8 Å². The van der Waals surface area contributed by atoms with E-state index in [0.29, 0.717) is 0 Å². The van der Waals surface area contributed by atoms with Crippen LogP contribution in [0.3, 0.4) is 0 Å². The lowest BCUT2D eigenvalue weighted by Gasteiger charge is -2.40. The smallest absolute Gasteiger partial charge is 0.339 e. The molecule has 0 radical (unpaired) electrons. The first-order chi connectivity index (χ1) is 6.77. The number of halogens is 2. The Kier molecular flexibility index (Phi) is 2.09. The minimum Gasteiger partial charge on any atom is -0.460 e. The van der Waals surface area contributed by atoms with E-state index in [1.165, 1.54) is 6.92 Å². The monoisotopic (exact) mass is 220 g/mol. The van der Waals surface area contributed by atoms with Crippen LogP contribution in [-0.4, -0.2) is 28.7 Å². The van der Waals surface area contributed by atoms with Crippen LogP contribution in [0.2, 0.25) is 0 Å². The molecule has 1 heterocycles. The van der Waals surface area contributed by atoms with Crippen LogP contribution in [0.25, 0.3) is 0 Å². The minimum absolute atomic E-state index is 0.121. The molecule has 3 nitrogen and oxygen atoms in total. The van der Waals surface area contributed by atoms with Crippen molar-refractivity contribution in [2.45, 2.75) is 44.3 Å². The van der Waals surface area contributed by atoms with Gasteiger partial charge in [-0.1, -0.05) is 6.92 Å². The second kappa shape index (κ2) is 2.90. The summed E-state index contributed by atoms with van der Waals surface area (Å²) in [7, 11) is 0. The summed E-state index contributed by atoms with van der Waals surface area (Å²) in [6, 6.07) is 0. The summed E-state index contributed by atoms with van der Waals surface area (Å²) < 4.78 is 31.7. The van der Waals surface area contributed by atoms with Crippen molar-refractivity contribution >= 4 is 5.97 Å². The van der Waals surface area contributed by atoms with Gasteiger partial charge in [-0.25, -0.2) is 13.6 Å². The number of carbonyl (C=O) groups excluding carboxylic acids is 1. The van der Waals surface area contributed by atoms with E-state index in [0.717, 1.165) is 0 Å². The van der Waals surface area contributed by atoms with Crippen LogP contribution >= 0.6 is 0 Å². The second-order valence-corrected chi connectivity index (χ2v) is 4.72. The summed E-state index contributed by atoms with van der Waals surface area (Å²) in [5.74, 6) is -5.21. The predicted molar refractivity (Wildman–Crippen MR) is 47.3 cm³/mol. The lowest BCUT2D eigenvalue weighted by Crippen LogP contribution is -2.53. The highest BCUT2D eigenvalue weighted by Crippen LogP contribution is 2.51. The molecule has 4 atom stereocenters. The van der Waals surface area contributed by atoms with Gasteiger partial charge in [-0.15, -0.1) is 0 Å². The van der Waals surface area contributed by atoms with E-state index in [2.05, 4.69) is 0 Å². The molecule has 2 rings (SSSR count). The molecule has 86 valence electrons. The Bertz CT molecular complexity index is 305. The molecule has 4 unspecified atom stereocenters. The number of fused-ring (bicyclic) bond motifs is 1. The molecule has 0 aromatic rings. The summed E-state index contributed by atoms with van der Waals surface area (Å²) >= 11 is 0. The third-order valence-electron chi connectivity index (χ3n) is 3.66. The molecule has 1 saturated heterocycles. The predicted octanol–water partition coefficient (Wildman–Crippen LogP) is 1.34. The molecule has 0 amide bonds. The van der Waals surface area contributed by atoms with Crippen LogP contribution in [0.4, 0.5) is 8.78 Å². The fraction of sp³-hybridized carbons (Fsp3) is 0.900. The van der Waals surface area contributed by atoms with Gasteiger partial charge in [0.25, 0.3) is 5.92 Å². The van der Waals surface area contributed by atoms with Crippen LogP contribution in [-0.2, 0) is 9.53 Å². The van der Waals surface area contributed by atoms with Crippen LogP contribution in [0.15, 0.2) is 0 Å². The van der Waals surface area contributed by atoms with Crippen LogP contribution in [0.5, 0.6) is 0 Å². The highest BCUT2D eigenvalue weighted by Gasteiger charge is 2.64. The highest BCUT2D eigenvalue weighted by molar-refractivity contribution is 5.82. The number of alkyl halides is 2. The van der Waals surface area contributed by atoms with Gasteiger partial charge < -0.3 is 9.84 Å². The van der Waals surface area contributed by atoms with E-state index in [1.54, 1.807) is 6.92 Å². The Labute approximate surface area is 86.4 Å². The lowest BCUT2D eigenvalue weighted by molar-refractivity contribution is -0.183. The molecule has 15 heavy (non-hydrogen) atoms. The summed E-state index contributed by atoms with van der Waals surface area (Å²) in [6.45, 7) is 3.08. The van der Waals surface area contributed by atoms with E-state index < -0.39 is 41.9 Å². The maximum atomic E-state index is 13.4. The zero-order valence-electron chi connectivity index (χ0n) is 8.67. The Morgan fingerprint density at radius 1 is 1.47 bits per heavy atom. The summed E-state index contributed by atoms with van der Waals surface area (Å²) in [6.07, 6.45) is -1.16. The molecule has 0 aromatic heterocycles. The highest BCUT2D eigenvalue weighted by atomic mass is 19.3. The molecular weight excluding hydrogens is 206 g/mol. The van der Waals surface area contributed by atoms with Crippen molar-refractivity contribution in [2.75, 3.05) is 0 Å². The Balaban J connectivity index is 2.33. The molecule has 1 aliphatic heterocycles. The summed E-state index contributed by atoms with van der Waals surface area (Å²) in [4.78, 5) is 11.3. The minimum atomic E-state index is -2.99. The standard InChI is InChI=1S/C10H14F2O3/c1-5-3-7-6(2)15-8(13)9(7,14)4-10(5,11)12/h5-7,14H,3-4H2,1-2H3. The number of hydrogen-bond donors (Lipinski definition) is 1. The zero-order chi connectivity index (χ0) is 11.4. The van der Waals surface area contributed by atoms with Gasteiger partial charge in [-0.3, -0.25) is 0 Å². The first-order valence-corrected chi connectivity index (χ1v) is 5.08. The Hall–Kier alpha value is -0.710. The average Bonchev–Trinajstić information content (AvgIpc) is 2.27. The van der Waals surface area contributed by atoms with Gasteiger partial charge in [0.1, 0.15) is 6.10 Å². The van der Waals surface area contributed by atoms with Crippen molar-refractivity contribution in [3.63, 3.8) is 0 Å². The number of esters is 1. The van der Waals surface area contributed by atoms with E-state index in [4.69, 9.17) is 4.74 Å². The Morgan fingerprint density at radius 3 is 2.67 bits per heavy atom. The van der Waals surface area contributed by atoms with E-state index in [-0.39, 0.29) is 6.42 Å². The fourth-order valence-electron chi connectivity index (χ4n) is 2.57. The van der Waals surface area contributed by atoms with E-state index in [1.807, 2.05) is 0 Å². The molecule has 0 spiro atoms. The molecule has 1 aliphatic carbocycles. The normalized spacial score (nSPS) is 48.6. The second-order valence-electron chi connectivity index (χ2n) is 4.72. The van der Waals surface area contributed by atoms with E-state index in [9.17, 15) is 18.7 Å². The number of hydrogen-bond acceptors (Lipinski definition) is 3. The quantitative estimate of drug-likeness (QED) is 0.627. The largest absolute Gasteiger partial charge is 0.460 e. The maximum Gasteiger partial charge on any atom is 0.339 e. The zero-order valence-corrected chi connectivity index (χ0v) is 8.67. The van der Waals surface area contributed by atoms with Crippen molar-refractivity contribution in [3.8, 4) is 0 Å². The van der Waals surface area contributed by atoms with Crippen LogP contribution in [0.1, 0.15) is 26.7 Å². The Morgan fingerprint density at radius 2 is 2.07 bits per heavy atom. The molecule has 0 aromatic carbocycles. The van der Waals surface area contributed by atoms with Crippen molar-refractivity contribution in [1.29, 1.82) is 0 Å². The number of rotatable bonds is 0. The van der Waals surface area contributed by atoms with Gasteiger partial charge in [0.15, 0.2) is 5.60 Å². The number of carbonyl (C=O) groups is 1. The van der Waals surface area contributed by atoms with Crippen molar-refractivity contribution < 1.29 is 23.4 Å².